The number of fused-ring (bicyclic) bond motifs is 1. The number of aromatic nitrogens is 2. The maximum atomic E-state index is 12.8. The first kappa shape index (κ1) is 21.5. The minimum atomic E-state index is -0.705. The van der Waals surface area contributed by atoms with E-state index in [0.29, 0.717) is 23.3 Å². The van der Waals surface area contributed by atoms with Crippen molar-refractivity contribution in [3.05, 3.63) is 40.4 Å². The molecule has 1 heterocycles. The molecule has 2 N–H and O–H groups in total. The molecule has 0 unspecified atom stereocenters. The number of esters is 1. The molecule has 30 heavy (non-hydrogen) atoms. The number of aryl methyl sites for hydroxylation is 1. The molecule has 9 heteroatoms. The lowest BCUT2D eigenvalue weighted by Crippen LogP contribution is -2.42. The van der Waals surface area contributed by atoms with E-state index in [4.69, 9.17) is 4.74 Å². The molecule has 3 rings (SSSR count). The van der Waals surface area contributed by atoms with Crippen molar-refractivity contribution in [1.29, 1.82) is 0 Å². The van der Waals surface area contributed by atoms with Gasteiger partial charge in [0.1, 0.15) is 5.82 Å². The Morgan fingerprint density at radius 2 is 1.97 bits per heavy atom. The fraction of sp³-hybridized carbons (Fsp3) is 0.476. The monoisotopic (exact) mass is 414 g/mol. The summed E-state index contributed by atoms with van der Waals surface area (Å²) in [5.74, 6) is -0.517. The molecule has 9 nitrogen and oxygen atoms in total. The third kappa shape index (κ3) is 5.65. The second-order valence-electron chi connectivity index (χ2n) is 7.76. The van der Waals surface area contributed by atoms with E-state index in [1.54, 1.807) is 22.8 Å². The van der Waals surface area contributed by atoms with Gasteiger partial charge in [0, 0.05) is 19.0 Å². The highest BCUT2D eigenvalue weighted by atomic mass is 16.5. The minimum Gasteiger partial charge on any atom is -0.456 e. The molecule has 2 aromatic rings. The van der Waals surface area contributed by atoms with E-state index >= 15 is 0 Å². The van der Waals surface area contributed by atoms with Crippen molar-refractivity contribution in [2.45, 2.75) is 45.6 Å². The molecule has 0 radical (unpaired) electrons. The molecular formula is C21H26N4O5. The van der Waals surface area contributed by atoms with Crippen LogP contribution in [0.5, 0.6) is 0 Å². The van der Waals surface area contributed by atoms with E-state index in [2.05, 4.69) is 15.6 Å². The molecule has 0 spiro atoms. The smallest absolute Gasteiger partial charge is 0.321 e. The summed E-state index contributed by atoms with van der Waals surface area (Å²) >= 11 is 0. The molecule has 0 atom stereocenters. The number of nitrogens with one attached hydrogen (secondary N) is 2. The number of para-hydroxylation sites is 1. The van der Waals surface area contributed by atoms with Gasteiger partial charge in [0.05, 0.1) is 17.3 Å². The fourth-order valence-corrected chi connectivity index (χ4v) is 3.01. The summed E-state index contributed by atoms with van der Waals surface area (Å²) in [6.45, 7) is 3.74. The average Bonchev–Trinajstić information content (AvgIpc) is 3.54. The second kappa shape index (κ2) is 9.51. The lowest BCUT2D eigenvalue weighted by Gasteiger charge is -2.12. The van der Waals surface area contributed by atoms with Crippen molar-refractivity contribution in [3.8, 4) is 0 Å². The first-order valence-corrected chi connectivity index (χ1v) is 10.1. The van der Waals surface area contributed by atoms with Crippen LogP contribution in [0.25, 0.3) is 10.9 Å². The quantitative estimate of drug-likeness (QED) is 0.635. The number of hydrogen-bond acceptors (Lipinski definition) is 6. The van der Waals surface area contributed by atoms with Gasteiger partial charge >= 0.3 is 12.0 Å². The van der Waals surface area contributed by atoms with E-state index in [9.17, 15) is 19.2 Å². The molecule has 1 aromatic heterocycles. The van der Waals surface area contributed by atoms with Crippen LogP contribution >= 0.6 is 0 Å². The Hall–Kier alpha value is -3.23. The van der Waals surface area contributed by atoms with Gasteiger partial charge in [0.15, 0.2) is 6.61 Å². The molecule has 1 saturated carbocycles. The van der Waals surface area contributed by atoms with Gasteiger partial charge in [-0.25, -0.2) is 9.78 Å². The largest absolute Gasteiger partial charge is 0.456 e. The fourth-order valence-electron chi connectivity index (χ4n) is 3.01. The summed E-state index contributed by atoms with van der Waals surface area (Å²) in [7, 11) is 0. The average molecular weight is 414 g/mol. The Kier molecular flexibility index (Phi) is 6.81. The highest BCUT2D eigenvalue weighted by Gasteiger charge is 2.28. The molecule has 0 saturated heterocycles. The van der Waals surface area contributed by atoms with E-state index in [-0.39, 0.29) is 30.4 Å². The third-order valence-corrected chi connectivity index (χ3v) is 4.63. The van der Waals surface area contributed by atoms with Crippen LogP contribution in [0.1, 0.15) is 45.0 Å². The van der Waals surface area contributed by atoms with E-state index < -0.39 is 24.5 Å². The standard InChI is InChI=1S/C21H26N4O5/c1-13(2)11-22-21(29)24-18(26)12-30-19(27)10-9-17-23-16-6-4-3-5-15(16)20(28)25(17)14-7-8-14/h3-6,13-14H,7-12H2,1-2H3,(H2,22,24,26,29). The number of carbonyl (C=O) groups is 3. The molecule has 3 amide bonds. The van der Waals surface area contributed by atoms with Gasteiger partial charge in [0.2, 0.25) is 0 Å². The van der Waals surface area contributed by atoms with Crippen molar-refractivity contribution in [2.75, 3.05) is 13.2 Å². The van der Waals surface area contributed by atoms with Crippen LogP contribution in [0, 0.1) is 5.92 Å². The summed E-state index contributed by atoms with van der Waals surface area (Å²) in [6, 6.07) is 6.62. The maximum absolute atomic E-state index is 12.8. The van der Waals surface area contributed by atoms with Gasteiger partial charge < -0.3 is 10.1 Å². The summed E-state index contributed by atoms with van der Waals surface area (Å²) < 4.78 is 6.61. The SMILES string of the molecule is CC(C)CNC(=O)NC(=O)COC(=O)CCc1nc2ccccc2c(=O)n1C1CC1. The number of urea groups is 1. The van der Waals surface area contributed by atoms with Crippen molar-refractivity contribution in [2.24, 2.45) is 5.92 Å². The summed E-state index contributed by atoms with van der Waals surface area (Å²) in [6.07, 6.45) is 2.03. The van der Waals surface area contributed by atoms with Crippen LogP contribution in [0.2, 0.25) is 0 Å². The van der Waals surface area contributed by atoms with Crippen LogP contribution < -0.4 is 16.2 Å². The highest BCUT2D eigenvalue weighted by molar-refractivity contribution is 5.95. The number of amides is 3. The van der Waals surface area contributed by atoms with Crippen LogP contribution in [0.15, 0.2) is 29.1 Å². The van der Waals surface area contributed by atoms with E-state index in [1.807, 2.05) is 19.9 Å². The molecule has 160 valence electrons. The third-order valence-electron chi connectivity index (χ3n) is 4.63. The van der Waals surface area contributed by atoms with Gasteiger partial charge in [-0.2, -0.15) is 0 Å². The van der Waals surface area contributed by atoms with E-state index in [1.165, 1.54) is 0 Å². The summed E-state index contributed by atoms with van der Waals surface area (Å²) in [5, 5.41) is 5.20. The maximum Gasteiger partial charge on any atom is 0.321 e. The van der Waals surface area contributed by atoms with Crippen LogP contribution in [0.3, 0.4) is 0 Å². The van der Waals surface area contributed by atoms with Gasteiger partial charge in [-0.15, -0.1) is 0 Å². The van der Waals surface area contributed by atoms with Crippen LogP contribution in [0.4, 0.5) is 4.79 Å². The Balaban J connectivity index is 1.54. The second-order valence-corrected chi connectivity index (χ2v) is 7.76. The molecule has 0 aliphatic heterocycles. The van der Waals surface area contributed by atoms with Crippen molar-refractivity contribution < 1.29 is 19.1 Å². The first-order chi connectivity index (χ1) is 14.3. The Morgan fingerprint density at radius 3 is 2.67 bits per heavy atom. The number of carbonyl (C=O) groups excluding carboxylic acids is 3. The highest BCUT2D eigenvalue weighted by Crippen LogP contribution is 2.34. The topological polar surface area (TPSA) is 119 Å². The van der Waals surface area contributed by atoms with Gasteiger partial charge in [0.25, 0.3) is 11.5 Å². The predicted octanol–water partition coefficient (Wildman–Crippen LogP) is 1.69. The molecule has 1 fully saturated rings. The molecule has 1 aliphatic rings. The number of ether oxygens (including phenoxy) is 1. The lowest BCUT2D eigenvalue weighted by atomic mass is 10.2. The lowest BCUT2D eigenvalue weighted by molar-refractivity contribution is -0.148. The number of nitrogens with zero attached hydrogens (tertiary/aromatic N) is 2. The van der Waals surface area contributed by atoms with Gasteiger partial charge in [-0.3, -0.25) is 24.3 Å². The minimum absolute atomic E-state index is 0.0235. The zero-order valence-electron chi connectivity index (χ0n) is 17.1. The van der Waals surface area contributed by atoms with Crippen molar-refractivity contribution in [3.63, 3.8) is 0 Å². The number of rotatable bonds is 8. The van der Waals surface area contributed by atoms with Gasteiger partial charge in [-0.05, 0) is 30.9 Å². The van der Waals surface area contributed by atoms with Crippen molar-refractivity contribution >= 4 is 28.8 Å². The van der Waals surface area contributed by atoms with Crippen LogP contribution in [-0.4, -0.2) is 40.6 Å². The zero-order valence-corrected chi connectivity index (χ0v) is 17.1. The number of imide groups is 1. The Labute approximate surface area is 173 Å². The normalized spacial score (nSPS) is 13.3. The zero-order chi connectivity index (χ0) is 21.7. The Morgan fingerprint density at radius 1 is 1.23 bits per heavy atom. The predicted molar refractivity (Wildman–Crippen MR) is 110 cm³/mol. The van der Waals surface area contributed by atoms with Crippen LogP contribution in [-0.2, 0) is 20.7 Å². The van der Waals surface area contributed by atoms with E-state index in [0.717, 1.165) is 12.8 Å². The number of benzene rings is 1. The number of hydrogen-bond donors (Lipinski definition) is 2. The first-order valence-electron chi connectivity index (χ1n) is 10.1. The van der Waals surface area contributed by atoms with Gasteiger partial charge in [-0.1, -0.05) is 26.0 Å². The molecule has 1 aromatic carbocycles. The Bertz CT molecular complexity index is 1010. The molecule has 1 aliphatic carbocycles. The van der Waals surface area contributed by atoms with Crippen molar-refractivity contribution in [1.82, 2.24) is 20.2 Å². The molecular weight excluding hydrogens is 388 g/mol. The molecule has 0 bridgehead atoms. The summed E-state index contributed by atoms with van der Waals surface area (Å²) in [4.78, 5) is 52.7. The summed E-state index contributed by atoms with van der Waals surface area (Å²) in [5.41, 5.74) is 0.493.